The molecule has 2 aliphatic rings. The first-order valence-corrected chi connectivity index (χ1v) is 5.63. The van der Waals surface area contributed by atoms with E-state index in [1.165, 1.54) is 36.8 Å². The summed E-state index contributed by atoms with van der Waals surface area (Å²) < 4.78 is 0. The molecule has 3 rings (SSSR count). The van der Waals surface area contributed by atoms with Crippen molar-refractivity contribution in [2.45, 2.75) is 43.6 Å². The molecule has 0 heterocycles. The lowest BCUT2D eigenvalue weighted by molar-refractivity contribution is 0.672. The highest BCUT2D eigenvalue weighted by Crippen LogP contribution is 2.40. The summed E-state index contributed by atoms with van der Waals surface area (Å²) in [4.78, 5) is 0. The first-order chi connectivity index (χ1) is 6.75. The third-order valence-corrected chi connectivity index (χ3v) is 3.48. The summed E-state index contributed by atoms with van der Waals surface area (Å²) in [6.45, 7) is 0. The van der Waals surface area contributed by atoms with Crippen LogP contribution in [0.25, 0.3) is 0 Å². The van der Waals surface area contributed by atoms with Gasteiger partial charge in [0.25, 0.3) is 0 Å². The smallest absolute Gasteiger partial charge is 0.0196 e. The van der Waals surface area contributed by atoms with Crippen molar-refractivity contribution >= 4 is 0 Å². The summed E-state index contributed by atoms with van der Waals surface area (Å²) in [5, 5.41) is 0. The van der Waals surface area contributed by atoms with Crippen molar-refractivity contribution in [2.24, 2.45) is 5.73 Å². The minimum atomic E-state index is 0.154. The average molecular weight is 187 g/mol. The lowest BCUT2D eigenvalue weighted by Crippen LogP contribution is -2.24. The van der Waals surface area contributed by atoms with Crippen LogP contribution in [0.15, 0.2) is 24.3 Å². The molecule has 74 valence electrons. The summed E-state index contributed by atoms with van der Waals surface area (Å²) in [6, 6.07) is 9.11. The van der Waals surface area contributed by atoms with Crippen LogP contribution in [0.5, 0.6) is 0 Å². The molecule has 1 heteroatoms. The fraction of sp³-hybridized carbons (Fsp3) is 0.538. The van der Waals surface area contributed by atoms with E-state index in [2.05, 4.69) is 24.3 Å². The normalized spacial score (nSPS) is 23.5. The zero-order valence-corrected chi connectivity index (χ0v) is 8.50. The van der Waals surface area contributed by atoms with Crippen LogP contribution >= 0.6 is 0 Å². The molecular formula is C13H17N. The zero-order valence-electron chi connectivity index (χ0n) is 8.50. The van der Waals surface area contributed by atoms with Gasteiger partial charge in [-0.3, -0.25) is 0 Å². The molecule has 0 radical (unpaired) electrons. The highest BCUT2D eigenvalue weighted by Gasteiger charge is 2.37. The molecule has 0 bridgehead atoms. The Morgan fingerprint density at radius 3 is 2.29 bits per heavy atom. The van der Waals surface area contributed by atoms with Gasteiger partial charge in [0.2, 0.25) is 0 Å². The van der Waals surface area contributed by atoms with E-state index < -0.39 is 0 Å². The van der Waals surface area contributed by atoms with E-state index >= 15 is 0 Å². The lowest BCUT2D eigenvalue weighted by atomic mass is 10.0. The highest BCUT2D eigenvalue weighted by molar-refractivity contribution is 5.29. The largest absolute Gasteiger partial charge is 0.325 e. The standard InChI is InChI=1S/C13H17N/c14-13(7-8-13)9-10-1-3-11(4-2-10)12-5-6-12/h1-4,12H,5-9,14H2. The summed E-state index contributed by atoms with van der Waals surface area (Å²) in [6.07, 6.45) is 6.26. The minimum absolute atomic E-state index is 0.154. The second-order valence-corrected chi connectivity index (χ2v) is 5.06. The molecule has 0 aliphatic heterocycles. The Bertz CT molecular complexity index is 331. The molecule has 0 unspecified atom stereocenters. The SMILES string of the molecule is NC1(Cc2ccc(C3CC3)cc2)CC1. The highest BCUT2D eigenvalue weighted by atomic mass is 14.8. The van der Waals surface area contributed by atoms with Crippen LogP contribution in [0, 0.1) is 0 Å². The summed E-state index contributed by atoms with van der Waals surface area (Å²) in [5.41, 5.74) is 9.18. The van der Waals surface area contributed by atoms with Crippen molar-refractivity contribution in [2.75, 3.05) is 0 Å². The molecular weight excluding hydrogens is 170 g/mol. The van der Waals surface area contributed by atoms with E-state index in [-0.39, 0.29) is 5.54 Å². The molecule has 0 spiro atoms. The first-order valence-electron chi connectivity index (χ1n) is 5.63. The number of hydrogen-bond acceptors (Lipinski definition) is 1. The maximum absolute atomic E-state index is 6.09. The van der Waals surface area contributed by atoms with E-state index in [0.717, 1.165) is 12.3 Å². The molecule has 2 fully saturated rings. The van der Waals surface area contributed by atoms with Crippen molar-refractivity contribution in [3.05, 3.63) is 35.4 Å². The third kappa shape index (κ3) is 1.69. The Labute approximate surface area is 85.3 Å². The average Bonchev–Trinajstić information content (AvgIpc) is 3.03. The second kappa shape index (κ2) is 2.83. The fourth-order valence-electron chi connectivity index (χ4n) is 2.07. The molecule has 1 aromatic rings. The van der Waals surface area contributed by atoms with E-state index in [1.54, 1.807) is 0 Å². The molecule has 1 aromatic carbocycles. The molecule has 2 aliphatic carbocycles. The zero-order chi connectivity index (χ0) is 9.60. The Hall–Kier alpha value is -0.820. The Balaban J connectivity index is 1.73. The Morgan fingerprint density at radius 2 is 1.79 bits per heavy atom. The predicted octanol–water partition coefficient (Wildman–Crippen LogP) is 2.60. The van der Waals surface area contributed by atoms with Gasteiger partial charge < -0.3 is 5.73 Å². The first kappa shape index (κ1) is 8.49. The predicted molar refractivity (Wildman–Crippen MR) is 58.3 cm³/mol. The lowest BCUT2D eigenvalue weighted by Gasteiger charge is -2.08. The monoisotopic (exact) mass is 187 g/mol. The van der Waals surface area contributed by atoms with Gasteiger partial charge in [0, 0.05) is 5.54 Å². The molecule has 2 N–H and O–H groups in total. The van der Waals surface area contributed by atoms with Crippen molar-refractivity contribution < 1.29 is 0 Å². The van der Waals surface area contributed by atoms with Gasteiger partial charge in [0.05, 0.1) is 0 Å². The van der Waals surface area contributed by atoms with Crippen molar-refractivity contribution in [3.8, 4) is 0 Å². The molecule has 14 heavy (non-hydrogen) atoms. The Kier molecular flexibility index (Phi) is 1.72. The summed E-state index contributed by atoms with van der Waals surface area (Å²) >= 11 is 0. The van der Waals surface area contributed by atoms with Crippen molar-refractivity contribution in [1.29, 1.82) is 0 Å². The van der Waals surface area contributed by atoms with Gasteiger partial charge in [-0.1, -0.05) is 24.3 Å². The van der Waals surface area contributed by atoms with Crippen LogP contribution in [-0.2, 0) is 6.42 Å². The summed E-state index contributed by atoms with van der Waals surface area (Å²) in [7, 11) is 0. The van der Waals surface area contributed by atoms with Gasteiger partial charge >= 0.3 is 0 Å². The van der Waals surface area contributed by atoms with Crippen LogP contribution in [0.4, 0.5) is 0 Å². The molecule has 0 aromatic heterocycles. The number of hydrogen-bond donors (Lipinski definition) is 1. The van der Waals surface area contributed by atoms with Gasteiger partial charge in [0.15, 0.2) is 0 Å². The van der Waals surface area contributed by atoms with Gasteiger partial charge in [-0.2, -0.15) is 0 Å². The second-order valence-electron chi connectivity index (χ2n) is 5.06. The maximum atomic E-state index is 6.09. The molecule has 0 saturated heterocycles. The van der Waals surface area contributed by atoms with E-state index in [1.807, 2.05) is 0 Å². The Morgan fingerprint density at radius 1 is 1.14 bits per heavy atom. The molecule has 0 atom stereocenters. The van der Waals surface area contributed by atoms with Gasteiger partial charge in [0.1, 0.15) is 0 Å². The topological polar surface area (TPSA) is 26.0 Å². The van der Waals surface area contributed by atoms with Crippen LogP contribution in [0.3, 0.4) is 0 Å². The molecule has 2 saturated carbocycles. The van der Waals surface area contributed by atoms with Crippen LogP contribution < -0.4 is 5.73 Å². The molecule has 0 amide bonds. The number of benzene rings is 1. The fourth-order valence-corrected chi connectivity index (χ4v) is 2.07. The van der Waals surface area contributed by atoms with E-state index in [9.17, 15) is 0 Å². The van der Waals surface area contributed by atoms with Gasteiger partial charge in [-0.15, -0.1) is 0 Å². The van der Waals surface area contributed by atoms with Crippen LogP contribution in [-0.4, -0.2) is 5.54 Å². The quantitative estimate of drug-likeness (QED) is 0.773. The third-order valence-electron chi connectivity index (χ3n) is 3.48. The maximum Gasteiger partial charge on any atom is 0.0196 e. The van der Waals surface area contributed by atoms with Crippen molar-refractivity contribution in [3.63, 3.8) is 0 Å². The van der Waals surface area contributed by atoms with E-state index in [4.69, 9.17) is 5.73 Å². The molecule has 1 nitrogen and oxygen atoms in total. The van der Waals surface area contributed by atoms with E-state index in [0.29, 0.717) is 0 Å². The van der Waals surface area contributed by atoms with Crippen molar-refractivity contribution in [1.82, 2.24) is 0 Å². The minimum Gasteiger partial charge on any atom is -0.325 e. The van der Waals surface area contributed by atoms with Gasteiger partial charge in [-0.25, -0.2) is 0 Å². The van der Waals surface area contributed by atoms with Crippen LogP contribution in [0.2, 0.25) is 0 Å². The summed E-state index contributed by atoms with van der Waals surface area (Å²) in [5.74, 6) is 0.872. The van der Waals surface area contributed by atoms with Gasteiger partial charge in [-0.05, 0) is 49.1 Å². The number of nitrogens with two attached hydrogens (primary N) is 1. The number of rotatable bonds is 3. The van der Waals surface area contributed by atoms with Crippen LogP contribution in [0.1, 0.15) is 42.7 Å².